The number of carbonyl (C=O) groups is 1. The van der Waals surface area contributed by atoms with Crippen LogP contribution in [0, 0.1) is 10.1 Å². The summed E-state index contributed by atoms with van der Waals surface area (Å²) in [6.07, 6.45) is 0.761. The monoisotopic (exact) mass is 358 g/mol. The fourth-order valence-corrected chi connectivity index (χ4v) is 2.63. The molecular weight excluding hydrogens is 336 g/mol. The number of methoxy groups -OCH3 is 2. The van der Waals surface area contributed by atoms with Crippen molar-refractivity contribution in [1.82, 2.24) is 5.32 Å². The number of rotatable bonds is 8. The summed E-state index contributed by atoms with van der Waals surface area (Å²) in [5.41, 5.74) is 1.57. The standard InChI is InChI=1S/C19H22N2O5/c1-13(14-5-4-6-16(11-14)21(23)24)20-19(22)10-7-15-12-17(25-2)8-9-18(15)26-3/h4-6,8-9,11-13H,7,10H2,1-3H3,(H,20,22). The van der Waals surface area contributed by atoms with Crippen LogP contribution in [0.5, 0.6) is 11.5 Å². The maximum Gasteiger partial charge on any atom is 0.269 e. The molecule has 1 unspecified atom stereocenters. The highest BCUT2D eigenvalue weighted by molar-refractivity contribution is 5.76. The van der Waals surface area contributed by atoms with Crippen LogP contribution in [0.15, 0.2) is 42.5 Å². The molecule has 1 N–H and O–H groups in total. The van der Waals surface area contributed by atoms with Crippen LogP contribution >= 0.6 is 0 Å². The zero-order valence-electron chi connectivity index (χ0n) is 15.0. The molecule has 0 aromatic heterocycles. The van der Waals surface area contributed by atoms with Gasteiger partial charge in [0.2, 0.25) is 5.91 Å². The van der Waals surface area contributed by atoms with Crippen molar-refractivity contribution >= 4 is 11.6 Å². The Balaban J connectivity index is 1.98. The van der Waals surface area contributed by atoms with E-state index < -0.39 is 4.92 Å². The molecule has 0 saturated heterocycles. The molecule has 26 heavy (non-hydrogen) atoms. The predicted molar refractivity (Wildman–Crippen MR) is 97.5 cm³/mol. The molecule has 2 rings (SSSR count). The second-order valence-electron chi connectivity index (χ2n) is 5.82. The number of nitro groups is 1. The van der Waals surface area contributed by atoms with Gasteiger partial charge in [0, 0.05) is 18.6 Å². The van der Waals surface area contributed by atoms with Crippen molar-refractivity contribution in [3.8, 4) is 11.5 Å². The number of nitrogens with zero attached hydrogens (tertiary/aromatic N) is 1. The predicted octanol–water partition coefficient (Wildman–Crippen LogP) is 3.42. The first-order valence-corrected chi connectivity index (χ1v) is 8.19. The van der Waals surface area contributed by atoms with Gasteiger partial charge >= 0.3 is 0 Å². The van der Waals surface area contributed by atoms with E-state index in [1.54, 1.807) is 45.4 Å². The second-order valence-corrected chi connectivity index (χ2v) is 5.82. The van der Waals surface area contributed by atoms with Gasteiger partial charge in [0.05, 0.1) is 25.2 Å². The smallest absolute Gasteiger partial charge is 0.269 e. The molecule has 0 fully saturated rings. The number of nitrogens with one attached hydrogen (secondary N) is 1. The van der Waals surface area contributed by atoms with Crippen LogP contribution in [0.3, 0.4) is 0 Å². The second kappa shape index (κ2) is 8.84. The first-order valence-electron chi connectivity index (χ1n) is 8.19. The molecular formula is C19H22N2O5. The molecule has 0 bridgehead atoms. The van der Waals surface area contributed by atoms with Gasteiger partial charge in [-0.05, 0) is 42.7 Å². The first-order chi connectivity index (χ1) is 12.4. The summed E-state index contributed by atoms with van der Waals surface area (Å²) in [6, 6.07) is 11.4. The maximum atomic E-state index is 12.3. The van der Waals surface area contributed by atoms with Crippen molar-refractivity contribution in [2.24, 2.45) is 0 Å². The molecule has 2 aromatic rings. The van der Waals surface area contributed by atoms with Crippen molar-refractivity contribution in [2.45, 2.75) is 25.8 Å². The zero-order chi connectivity index (χ0) is 19.1. The van der Waals surface area contributed by atoms with Crippen LogP contribution in [0.1, 0.15) is 30.5 Å². The van der Waals surface area contributed by atoms with Crippen LogP contribution in [0.2, 0.25) is 0 Å². The van der Waals surface area contributed by atoms with Gasteiger partial charge in [0.1, 0.15) is 11.5 Å². The summed E-state index contributed by atoms with van der Waals surface area (Å²) < 4.78 is 10.5. The van der Waals surface area contributed by atoms with E-state index in [0.29, 0.717) is 23.5 Å². The highest BCUT2D eigenvalue weighted by Gasteiger charge is 2.14. The largest absolute Gasteiger partial charge is 0.497 e. The Hall–Kier alpha value is -3.09. The minimum Gasteiger partial charge on any atom is -0.497 e. The van der Waals surface area contributed by atoms with Crippen LogP contribution in [0.4, 0.5) is 5.69 Å². The summed E-state index contributed by atoms with van der Waals surface area (Å²) >= 11 is 0. The summed E-state index contributed by atoms with van der Waals surface area (Å²) in [7, 11) is 3.16. The lowest BCUT2D eigenvalue weighted by Crippen LogP contribution is -2.26. The van der Waals surface area contributed by atoms with Crippen LogP contribution in [0.25, 0.3) is 0 Å². The van der Waals surface area contributed by atoms with Gasteiger partial charge in [-0.3, -0.25) is 14.9 Å². The molecule has 0 aliphatic rings. The molecule has 0 heterocycles. The fraction of sp³-hybridized carbons (Fsp3) is 0.316. The Morgan fingerprint density at radius 2 is 1.96 bits per heavy atom. The molecule has 7 nitrogen and oxygen atoms in total. The Labute approximate surface area is 152 Å². The quantitative estimate of drug-likeness (QED) is 0.577. The molecule has 0 aliphatic carbocycles. The van der Waals surface area contributed by atoms with E-state index in [9.17, 15) is 14.9 Å². The van der Waals surface area contributed by atoms with Crippen molar-refractivity contribution in [2.75, 3.05) is 14.2 Å². The Kier molecular flexibility index (Phi) is 6.54. The molecule has 138 valence electrons. The molecule has 0 radical (unpaired) electrons. The Morgan fingerprint density at radius 3 is 2.62 bits per heavy atom. The van der Waals surface area contributed by atoms with Gasteiger partial charge in [0.25, 0.3) is 5.69 Å². The lowest BCUT2D eigenvalue weighted by Gasteiger charge is -2.15. The molecule has 2 aromatic carbocycles. The lowest BCUT2D eigenvalue weighted by atomic mass is 10.1. The van der Waals surface area contributed by atoms with Crippen LogP contribution < -0.4 is 14.8 Å². The number of carbonyl (C=O) groups excluding carboxylic acids is 1. The number of hydrogen-bond acceptors (Lipinski definition) is 5. The third kappa shape index (κ3) is 4.95. The van der Waals surface area contributed by atoms with E-state index in [-0.39, 0.29) is 24.1 Å². The maximum absolute atomic E-state index is 12.3. The topological polar surface area (TPSA) is 90.7 Å². The van der Waals surface area contributed by atoms with E-state index in [1.807, 2.05) is 6.07 Å². The number of nitro benzene ring substituents is 1. The SMILES string of the molecule is COc1ccc(OC)c(CCC(=O)NC(C)c2cccc([N+](=O)[O-])c2)c1. The molecule has 1 atom stereocenters. The minimum atomic E-state index is -0.451. The third-order valence-electron chi connectivity index (χ3n) is 4.07. The zero-order valence-corrected chi connectivity index (χ0v) is 15.0. The van der Waals surface area contributed by atoms with Crippen molar-refractivity contribution in [3.63, 3.8) is 0 Å². The summed E-state index contributed by atoms with van der Waals surface area (Å²) in [5, 5.41) is 13.7. The molecule has 7 heteroatoms. The van der Waals surface area contributed by atoms with E-state index in [2.05, 4.69) is 5.32 Å². The third-order valence-corrected chi connectivity index (χ3v) is 4.07. The number of amides is 1. The van der Waals surface area contributed by atoms with E-state index in [1.165, 1.54) is 12.1 Å². The van der Waals surface area contributed by atoms with E-state index in [4.69, 9.17) is 9.47 Å². The van der Waals surface area contributed by atoms with Gasteiger partial charge < -0.3 is 14.8 Å². The first kappa shape index (κ1) is 19.2. The lowest BCUT2D eigenvalue weighted by molar-refractivity contribution is -0.384. The Morgan fingerprint density at radius 1 is 1.19 bits per heavy atom. The highest BCUT2D eigenvalue weighted by Crippen LogP contribution is 2.25. The number of ether oxygens (including phenoxy) is 2. The minimum absolute atomic E-state index is 0.00437. The normalized spacial score (nSPS) is 11.5. The molecule has 0 saturated carbocycles. The summed E-state index contributed by atoms with van der Waals surface area (Å²) in [6.45, 7) is 1.79. The highest BCUT2D eigenvalue weighted by atomic mass is 16.6. The van der Waals surface area contributed by atoms with Crippen LogP contribution in [-0.4, -0.2) is 25.1 Å². The summed E-state index contributed by atoms with van der Waals surface area (Å²) in [5.74, 6) is 1.25. The van der Waals surface area contributed by atoms with Crippen LogP contribution in [-0.2, 0) is 11.2 Å². The molecule has 0 aliphatic heterocycles. The van der Waals surface area contributed by atoms with E-state index in [0.717, 1.165) is 5.56 Å². The van der Waals surface area contributed by atoms with Gasteiger partial charge in [-0.25, -0.2) is 0 Å². The van der Waals surface area contributed by atoms with Crippen molar-refractivity contribution in [1.29, 1.82) is 0 Å². The fourth-order valence-electron chi connectivity index (χ4n) is 2.63. The number of benzene rings is 2. The van der Waals surface area contributed by atoms with Crippen molar-refractivity contribution < 1.29 is 19.2 Å². The van der Waals surface area contributed by atoms with Gasteiger partial charge in [0.15, 0.2) is 0 Å². The Bertz CT molecular complexity index is 791. The molecule has 0 spiro atoms. The number of hydrogen-bond donors (Lipinski definition) is 1. The van der Waals surface area contributed by atoms with Gasteiger partial charge in [-0.15, -0.1) is 0 Å². The summed E-state index contributed by atoms with van der Waals surface area (Å²) in [4.78, 5) is 22.7. The number of non-ortho nitro benzene ring substituents is 1. The van der Waals surface area contributed by atoms with Gasteiger partial charge in [-0.2, -0.15) is 0 Å². The van der Waals surface area contributed by atoms with Crippen molar-refractivity contribution in [3.05, 3.63) is 63.7 Å². The van der Waals surface area contributed by atoms with E-state index >= 15 is 0 Å². The number of aryl methyl sites for hydroxylation is 1. The molecule has 1 amide bonds. The van der Waals surface area contributed by atoms with Gasteiger partial charge in [-0.1, -0.05) is 12.1 Å². The average molecular weight is 358 g/mol. The average Bonchev–Trinajstić information content (AvgIpc) is 2.66.